The minimum atomic E-state index is -3.53. The summed E-state index contributed by atoms with van der Waals surface area (Å²) in [4.78, 5) is 0.261. The normalized spacial score (nSPS) is 22.7. The Bertz CT molecular complexity index is 787. The molecule has 2 aromatic rings. The van der Waals surface area contributed by atoms with Crippen molar-refractivity contribution >= 4 is 21.4 Å². The molecule has 1 aliphatic rings. The lowest BCUT2D eigenvalue weighted by Gasteiger charge is -2.13. The van der Waals surface area contributed by atoms with E-state index in [2.05, 4.69) is 0 Å². The Hall–Kier alpha value is -1.40. The van der Waals surface area contributed by atoms with E-state index >= 15 is 0 Å². The molecule has 2 unspecified atom stereocenters. The smallest absolute Gasteiger partial charge is 0.182 e. The monoisotopic (exact) mass is 350 g/mol. The van der Waals surface area contributed by atoms with Crippen molar-refractivity contribution in [1.82, 2.24) is 0 Å². The fourth-order valence-electron chi connectivity index (χ4n) is 3.45. The molecular formula is C17H19ClN2O2S. The second kappa shape index (κ2) is 5.91. The van der Waals surface area contributed by atoms with Crippen LogP contribution in [0.2, 0.25) is 5.02 Å². The molecule has 4 N–H and O–H groups in total. The summed E-state index contributed by atoms with van der Waals surface area (Å²) in [5.41, 5.74) is 12.2. The molecule has 1 aliphatic carbocycles. The van der Waals surface area contributed by atoms with Crippen LogP contribution >= 0.6 is 11.6 Å². The number of benzene rings is 2. The first-order valence-electron chi connectivity index (χ1n) is 7.42. The maximum Gasteiger partial charge on any atom is 0.182 e. The second-order valence-corrected chi connectivity index (χ2v) is 8.46. The van der Waals surface area contributed by atoms with E-state index in [1.54, 1.807) is 12.1 Å². The van der Waals surface area contributed by atoms with E-state index in [0.717, 1.165) is 5.56 Å². The molecule has 0 amide bonds. The minimum Gasteiger partial charge on any atom is -0.330 e. The maximum atomic E-state index is 13.1. The van der Waals surface area contributed by atoms with Gasteiger partial charge < -0.3 is 11.5 Å². The Morgan fingerprint density at radius 1 is 0.957 bits per heavy atom. The lowest BCUT2D eigenvalue weighted by molar-refractivity contribution is 0.510. The van der Waals surface area contributed by atoms with E-state index in [4.69, 9.17) is 23.1 Å². The fourth-order valence-corrected chi connectivity index (χ4v) is 6.05. The number of hydrogen-bond acceptors (Lipinski definition) is 4. The van der Waals surface area contributed by atoms with Crippen molar-refractivity contribution in [1.29, 1.82) is 0 Å². The van der Waals surface area contributed by atoms with Gasteiger partial charge in [-0.3, -0.25) is 0 Å². The maximum absolute atomic E-state index is 13.1. The van der Waals surface area contributed by atoms with Gasteiger partial charge in [0.2, 0.25) is 0 Å². The highest BCUT2D eigenvalue weighted by Crippen LogP contribution is 2.62. The number of hydrogen-bond donors (Lipinski definition) is 2. The van der Waals surface area contributed by atoms with E-state index in [9.17, 15) is 8.42 Å². The molecule has 122 valence electrons. The van der Waals surface area contributed by atoms with Crippen LogP contribution < -0.4 is 11.5 Å². The van der Waals surface area contributed by atoms with Gasteiger partial charge in [0, 0.05) is 29.4 Å². The number of halogens is 1. The van der Waals surface area contributed by atoms with Crippen molar-refractivity contribution in [2.24, 2.45) is 16.9 Å². The Balaban J connectivity index is 2.05. The van der Waals surface area contributed by atoms with Crippen LogP contribution in [0.5, 0.6) is 0 Å². The Kier molecular flexibility index (Phi) is 4.23. The fraction of sp³-hybridized carbons (Fsp3) is 0.294. The predicted molar refractivity (Wildman–Crippen MR) is 92.2 cm³/mol. The highest BCUT2D eigenvalue weighted by Gasteiger charge is 2.69. The molecule has 0 heterocycles. The average molecular weight is 351 g/mol. The number of nitrogens with two attached hydrogens (primary N) is 2. The third-order valence-corrected chi connectivity index (χ3v) is 7.37. The summed E-state index contributed by atoms with van der Waals surface area (Å²) in [5.74, 6) is -0.181. The summed E-state index contributed by atoms with van der Waals surface area (Å²) in [6.45, 7) is 0.473. The van der Waals surface area contributed by atoms with Crippen LogP contribution in [0.1, 0.15) is 11.5 Å². The van der Waals surface area contributed by atoms with E-state index in [1.165, 1.54) is 12.1 Å². The molecular weight excluding hydrogens is 332 g/mol. The molecule has 0 saturated heterocycles. The van der Waals surface area contributed by atoms with Crippen molar-refractivity contribution in [3.05, 3.63) is 65.2 Å². The van der Waals surface area contributed by atoms with E-state index in [1.807, 2.05) is 30.3 Å². The lowest BCUT2D eigenvalue weighted by Crippen LogP contribution is -2.31. The highest BCUT2D eigenvalue weighted by molar-refractivity contribution is 7.92. The number of sulfone groups is 1. The summed E-state index contributed by atoms with van der Waals surface area (Å²) in [7, 11) is -3.53. The lowest BCUT2D eigenvalue weighted by atomic mass is 9.99. The van der Waals surface area contributed by atoms with Crippen molar-refractivity contribution < 1.29 is 8.42 Å². The zero-order valence-corrected chi connectivity index (χ0v) is 14.1. The third kappa shape index (κ3) is 2.58. The van der Waals surface area contributed by atoms with Gasteiger partial charge in [-0.2, -0.15) is 0 Å². The summed E-state index contributed by atoms with van der Waals surface area (Å²) in [6.07, 6.45) is 0. The average Bonchev–Trinajstić information content (AvgIpc) is 3.27. The largest absolute Gasteiger partial charge is 0.330 e. The standard InChI is InChI=1S/C17H19ClN2O2S/c18-13-6-8-14(9-7-13)23(21,22)16-15(17(16,10-19)11-20)12-4-2-1-3-5-12/h1-9,15-16H,10-11,19-20H2. The zero-order chi connectivity index (χ0) is 16.7. The van der Waals surface area contributed by atoms with Crippen molar-refractivity contribution in [3.8, 4) is 0 Å². The summed E-state index contributed by atoms with van der Waals surface area (Å²) >= 11 is 5.86. The molecule has 0 bridgehead atoms. The first-order valence-corrected chi connectivity index (χ1v) is 9.34. The molecule has 0 spiro atoms. The van der Waals surface area contributed by atoms with Gasteiger partial charge >= 0.3 is 0 Å². The molecule has 23 heavy (non-hydrogen) atoms. The van der Waals surface area contributed by atoms with Crippen LogP contribution in [0.4, 0.5) is 0 Å². The first kappa shape index (κ1) is 16.5. The first-order chi connectivity index (χ1) is 11.0. The number of rotatable bonds is 5. The van der Waals surface area contributed by atoms with Gasteiger partial charge in [0.1, 0.15) is 0 Å². The Morgan fingerprint density at radius 3 is 2.04 bits per heavy atom. The van der Waals surface area contributed by atoms with Crippen LogP contribution in [0, 0.1) is 5.41 Å². The van der Waals surface area contributed by atoms with E-state index in [0.29, 0.717) is 5.02 Å². The molecule has 1 fully saturated rings. The van der Waals surface area contributed by atoms with Crippen LogP contribution in [0.15, 0.2) is 59.5 Å². The van der Waals surface area contributed by atoms with E-state index < -0.39 is 20.5 Å². The molecule has 0 radical (unpaired) electrons. The van der Waals surface area contributed by atoms with Gasteiger partial charge in [0.15, 0.2) is 9.84 Å². The van der Waals surface area contributed by atoms with Gasteiger partial charge in [-0.1, -0.05) is 41.9 Å². The Morgan fingerprint density at radius 2 is 1.52 bits per heavy atom. The van der Waals surface area contributed by atoms with Gasteiger partial charge in [-0.05, 0) is 29.8 Å². The van der Waals surface area contributed by atoms with Gasteiger partial charge in [0.05, 0.1) is 10.1 Å². The molecule has 3 rings (SSSR count). The van der Waals surface area contributed by atoms with Crippen LogP contribution in [-0.2, 0) is 9.84 Å². The van der Waals surface area contributed by atoms with Crippen LogP contribution in [-0.4, -0.2) is 26.8 Å². The highest BCUT2D eigenvalue weighted by atomic mass is 35.5. The second-order valence-electron chi connectivity index (χ2n) is 5.95. The topological polar surface area (TPSA) is 86.2 Å². The minimum absolute atomic E-state index is 0.181. The van der Waals surface area contributed by atoms with Gasteiger partial charge in [-0.15, -0.1) is 0 Å². The zero-order valence-electron chi connectivity index (χ0n) is 12.5. The molecule has 0 aromatic heterocycles. The molecule has 2 aromatic carbocycles. The van der Waals surface area contributed by atoms with Crippen LogP contribution in [0.3, 0.4) is 0 Å². The van der Waals surface area contributed by atoms with E-state index in [-0.39, 0.29) is 23.9 Å². The Labute approximate surface area is 141 Å². The molecule has 6 heteroatoms. The predicted octanol–water partition coefficient (Wildman–Crippen LogP) is 2.18. The van der Waals surface area contributed by atoms with Gasteiger partial charge in [0.25, 0.3) is 0 Å². The third-order valence-electron chi connectivity index (χ3n) is 4.77. The van der Waals surface area contributed by atoms with Crippen molar-refractivity contribution in [2.75, 3.05) is 13.1 Å². The molecule has 1 saturated carbocycles. The SMILES string of the molecule is NCC1(CN)C(c2ccccc2)C1S(=O)(=O)c1ccc(Cl)cc1. The quantitative estimate of drug-likeness (QED) is 0.865. The van der Waals surface area contributed by atoms with Crippen LogP contribution in [0.25, 0.3) is 0 Å². The molecule has 4 nitrogen and oxygen atoms in total. The summed E-state index contributed by atoms with van der Waals surface area (Å²) in [6, 6.07) is 15.8. The summed E-state index contributed by atoms with van der Waals surface area (Å²) < 4.78 is 26.1. The van der Waals surface area contributed by atoms with Crippen molar-refractivity contribution in [2.45, 2.75) is 16.1 Å². The van der Waals surface area contributed by atoms with Crippen molar-refractivity contribution in [3.63, 3.8) is 0 Å². The molecule has 2 atom stereocenters. The summed E-state index contributed by atoms with van der Waals surface area (Å²) in [5, 5.41) is -0.100. The molecule has 0 aliphatic heterocycles. The van der Waals surface area contributed by atoms with Gasteiger partial charge in [-0.25, -0.2) is 8.42 Å².